The van der Waals surface area contributed by atoms with Crippen LogP contribution in [0.25, 0.3) is 4.96 Å². The molecule has 0 aliphatic heterocycles. The third kappa shape index (κ3) is 3.74. The molecule has 2 aromatic heterocycles. The van der Waals surface area contributed by atoms with Gasteiger partial charge in [-0.25, -0.2) is 9.78 Å². The van der Waals surface area contributed by atoms with Crippen LogP contribution in [0.1, 0.15) is 11.4 Å². The Hall–Kier alpha value is -2.38. The number of fused-ring (bicyclic) bond motifs is 1. The van der Waals surface area contributed by atoms with Gasteiger partial charge in [0.15, 0.2) is 11.6 Å². The number of halogens is 1. The number of benzene rings is 1. The first-order valence-corrected chi connectivity index (χ1v) is 8.29. The van der Waals surface area contributed by atoms with Gasteiger partial charge in [-0.2, -0.15) is 0 Å². The summed E-state index contributed by atoms with van der Waals surface area (Å²) in [6, 6.07) is 8.01. The first-order chi connectivity index (χ1) is 11.5. The van der Waals surface area contributed by atoms with E-state index in [1.165, 1.54) is 21.8 Å². The molecule has 0 amide bonds. The summed E-state index contributed by atoms with van der Waals surface area (Å²) in [7, 11) is 0. The molecular formula is C16H13ClN2O4S. The molecule has 3 rings (SSSR count). The van der Waals surface area contributed by atoms with E-state index >= 15 is 0 Å². The highest BCUT2D eigenvalue weighted by Gasteiger charge is 2.09. The molecule has 3 aromatic rings. The summed E-state index contributed by atoms with van der Waals surface area (Å²) in [6.45, 7) is 1.52. The number of rotatable bonds is 5. The molecule has 0 spiro atoms. The zero-order valence-electron chi connectivity index (χ0n) is 12.7. The molecule has 2 heterocycles. The highest BCUT2D eigenvalue weighted by molar-refractivity contribution is 7.15. The number of nitrogens with zero attached hydrogens (tertiary/aromatic N) is 2. The van der Waals surface area contributed by atoms with Gasteiger partial charge in [-0.1, -0.05) is 11.6 Å². The van der Waals surface area contributed by atoms with Crippen LogP contribution in [0.15, 0.2) is 40.5 Å². The minimum atomic E-state index is -0.547. The minimum absolute atomic E-state index is 0.0779. The van der Waals surface area contributed by atoms with Gasteiger partial charge in [-0.15, -0.1) is 11.3 Å². The van der Waals surface area contributed by atoms with Gasteiger partial charge in [0.2, 0.25) is 0 Å². The number of ether oxygens (including phenoxy) is 2. The molecule has 0 aliphatic carbocycles. The van der Waals surface area contributed by atoms with Crippen molar-refractivity contribution in [3.63, 3.8) is 0 Å². The summed E-state index contributed by atoms with van der Waals surface area (Å²) in [5, 5.41) is 2.43. The van der Waals surface area contributed by atoms with Gasteiger partial charge >= 0.3 is 5.97 Å². The molecule has 24 heavy (non-hydrogen) atoms. The molecule has 0 bridgehead atoms. The van der Waals surface area contributed by atoms with Crippen LogP contribution in [-0.4, -0.2) is 22.0 Å². The maximum absolute atomic E-state index is 12.0. The molecule has 8 heteroatoms. The van der Waals surface area contributed by atoms with E-state index < -0.39 is 5.97 Å². The Kier molecular flexibility index (Phi) is 4.82. The zero-order valence-corrected chi connectivity index (χ0v) is 14.3. The smallest absolute Gasteiger partial charge is 0.344 e. The van der Waals surface area contributed by atoms with Gasteiger partial charge in [-0.3, -0.25) is 9.20 Å². The van der Waals surface area contributed by atoms with Gasteiger partial charge in [0.05, 0.1) is 5.69 Å². The molecule has 0 radical (unpaired) electrons. The van der Waals surface area contributed by atoms with Crippen molar-refractivity contribution in [2.75, 3.05) is 6.61 Å². The standard InChI is InChI=1S/C16H13ClN2O4S/c1-10-9-24-16-18-12(6-14(20)19(10)16)7-23-15(21)8-22-13-4-2-11(17)3-5-13/h2-6,9H,7-8H2,1H3. The minimum Gasteiger partial charge on any atom is -0.482 e. The summed E-state index contributed by atoms with van der Waals surface area (Å²) in [4.78, 5) is 28.6. The number of thiazole rings is 1. The van der Waals surface area contributed by atoms with Crippen molar-refractivity contribution in [3.8, 4) is 5.75 Å². The van der Waals surface area contributed by atoms with Crippen molar-refractivity contribution in [1.29, 1.82) is 0 Å². The van der Waals surface area contributed by atoms with E-state index in [-0.39, 0.29) is 18.8 Å². The topological polar surface area (TPSA) is 69.9 Å². The number of hydrogen-bond acceptors (Lipinski definition) is 6. The highest BCUT2D eigenvalue weighted by Crippen LogP contribution is 2.15. The molecule has 6 nitrogen and oxygen atoms in total. The summed E-state index contributed by atoms with van der Waals surface area (Å²) in [6.07, 6.45) is 0. The third-order valence-electron chi connectivity index (χ3n) is 3.18. The van der Waals surface area contributed by atoms with Crippen LogP contribution in [0.2, 0.25) is 5.02 Å². The van der Waals surface area contributed by atoms with Crippen molar-refractivity contribution >= 4 is 33.9 Å². The van der Waals surface area contributed by atoms with Crippen LogP contribution in [0.5, 0.6) is 5.75 Å². The van der Waals surface area contributed by atoms with Gasteiger partial charge < -0.3 is 9.47 Å². The average Bonchev–Trinajstić information content (AvgIpc) is 2.94. The van der Waals surface area contributed by atoms with Crippen molar-refractivity contribution in [2.45, 2.75) is 13.5 Å². The second kappa shape index (κ2) is 7.02. The lowest BCUT2D eigenvalue weighted by Gasteiger charge is -2.07. The molecule has 0 aliphatic rings. The van der Waals surface area contributed by atoms with Gasteiger partial charge in [-0.05, 0) is 31.2 Å². The predicted molar refractivity (Wildman–Crippen MR) is 90.8 cm³/mol. The summed E-state index contributed by atoms with van der Waals surface area (Å²) >= 11 is 7.13. The molecule has 0 N–H and O–H groups in total. The van der Waals surface area contributed by atoms with E-state index in [1.807, 2.05) is 12.3 Å². The Morgan fingerprint density at radius 2 is 2.08 bits per heavy atom. The van der Waals surface area contributed by atoms with E-state index in [1.54, 1.807) is 24.3 Å². The Bertz CT molecular complexity index is 933. The monoisotopic (exact) mass is 364 g/mol. The highest BCUT2D eigenvalue weighted by atomic mass is 35.5. The first kappa shape index (κ1) is 16.5. The summed E-state index contributed by atoms with van der Waals surface area (Å²) in [5.41, 5.74) is 1.04. The van der Waals surface area contributed by atoms with Crippen molar-refractivity contribution in [1.82, 2.24) is 9.38 Å². The fourth-order valence-corrected chi connectivity index (χ4v) is 3.06. The van der Waals surface area contributed by atoms with E-state index in [0.29, 0.717) is 21.4 Å². The normalized spacial score (nSPS) is 10.8. The van der Waals surface area contributed by atoms with Crippen molar-refractivity contribution < 1.29 is 14.3 Å². The summed E-state index contributed by atoms with van der Waals surface area (Å²) in [5.74, 6) is -0.0301. The Balaban J connectivity index is 1.58. The van der Waals surface area contributed by atoms with E-state index in [9.17, 15) is 9.59 Å². The summed E-state index contributed by atoms with van der Waals surface area (Å²) < 4.78 is 11.9. The maximum atomic E-state index is 12.0. The molecular weight excluding hydrogens is 352 g/mol. The molecule has 124 valence electrons. The van der Waals surface area contributed by atoms with Gasteiger partial charge in [0, 0.05) is 22.2 Å². The number of carbonyl (C=O) groups is 1. The van der Waals surface area contributed by atoms with Crippen LogP contribution in [-0.2, 0) is 16.1 Å². The third-order valence-corrected chi connectivity index (χ3v) is 4.38. The van der Waals surface area contributed by atoms with Crippen LogP contribution in [0.4, 0.5) is 0 Å². The molecule has 0 atom stereocenters. The van der Waals surface area contributed by atoms with Gasteiger partial charge in [0.1, 0.15) is 12.4 Å². The Morgan fingerprint density at radius 3 is 2.83 bits per heavy atom. The maximum Gasteiger partial charge on any atom is 0.344 e. The van der Waals surface area contributed by atoms with E-state index in [0.717, 1.165) is 5.69 Å². The number of esters is 1. The Labute approximate surface area is 146 Å². The second-order valence-electron chi connectivity index (χ2n) is 4.98. The molecule has 0 saturated heterocycles. The SMILES string of the molecule is Cc1csc2nc(COC(=O)COc3ccc(Cl)cc3)cc(=O)n12. The lowest BCUT2D eigenvalue weighted by atomic mass is 10.3. The van der Waals surface area contributed by atoms with Gasteiger partial charge in [0.25, 0.3) is 5.56 Å². The van der Waals surface area contributed by atoms with Crippen LogP contribution >= 0.6 is 22.9 Å². The van der Waals surface area contributed by atoms with Crippen LogP contribution in [0, 0.1) is 6.92 Å². The first-order valence-electron chi connectivity index (χ1n) is 7.04. The molecule has 0 unspecified atom stereocenters. The van der Waals surface area contributed by atoms with Crippen LogP contribution < -0.4 is 10.3 Å². The number of carbonyl (C=O) groups excluding carboxylic acids is 1. The second-order valence-corrected chi connectivity index (χ2v) is 6.26. The van der Waals surface area contributed by atoms with Crippen molar-refractivity contribution in [2.24, 2.45) is 0 Å². The number of hydrogen-bond donors (Lipinski definition) is 0. The van der Waals surface area contributed by atoms with E-state index in [2.05, 4.69) is 4.98 Å². The average molecular weight is 365 g/mol. The molecule has 1 aromatic carbocycles. The van der Waals surface area contributed by atoms with Crippen LogP contribution in [0.3, 0.4) is 0 Å². The lowest BCUT2D eigenvalue weighted by molar-refractivity contribution is -0.147. The predicted octanol–water partition coefficient (Wildman–Crippen LogP) is 2.84. The molecule has 0 saturated carbocycles. The van der Waals surface area contributed by atoms with Crippen molar-refractivity contribution in [3.05, 3.63) is 62.5 Å². The fraction of sp³-hybridized carbons (Fsp3) is 0.188. The fourth-order valence-electron chi connectivity index (χ4n) is 2.04. The van der Waals surface area contributed by atoms with E-state index in [4.69, 9.17) is 21.1 Å². The number of aromatic nitrogens is 2. The Morgan fingerprint density at radius 1 is 1.33 bits per heavy atom. The quantitative estimate of drug-likeness (QED) is 0.651. The zero-order chi connectivity index (χ0) is 17.1. The largest absolute Gasteiger partial charge is 0.482 e. The number of aryl methyl sites for hydroxylation is 1. The molecule has 0 fully saturated rings. The lowest BCUT2D eigenvalue weighted by Crippen LogP contribution is -2.18.